The summed E-state index contributed by atoms with van der Waals surface area (Å²) < 4.78 is 7.98. The number of nitrogens with zero attached hydrogens (tertiary/aromatic N) is 2. The molecule has 0 bridgehead atoms. The highest BCUT2D eigenvalue weighted by atomic mass is 32.1. The van der Waals surface area contributed by atoms with Gasteiger partial charge in [-0.15, -0.1) is 0 Å². The van der Waals surface area contributed by atoms with Crippen molar-refractivity contribution in [2.75, 3.05) is 26.2 Å². The lowest BCUT2D eigenvalue weighted by Crippen LogP contribution is -2.64. The number of hydrogen-bond acceptors (Lipinski definition) is 4. The Morgan fingerprint density at radius 3 is 3.04 bits per heavy atom. The largest absolute Gasteiger partial charge is 0.372 e. The van der Waals surface area contributed by atoms with Gasteiger partial charge in [-0.25, -0.2) is 0 Å². The van der Waals surface area contributed by atoms with Gasteiger partial charge in [-0.05, 0) is 53.3 Å². The standard InChI is InChI=1S/C19H25N3O2S/c1-21-8-2-3-17(21)18(23)20-7-4-16-5-9-24-19(16)13-22(14-19)11-15-6-10-25-12-15/h2-3,6,8,10,12,16H,4-5,7,9,11,13-14H2,1H3,(H,20,23)/t16-/m1/s1. The Hall–Kier alpha value is -1.63. The van der Waals surface area contributed by atoms with Gasteiger partial charge in [-0.2, -0.15) is 11.3 Å². The molecule has 0 aliphatic carbocycles. The van der Waals surface area contributed by atoms with Gasteiger partial charge >= 0.3 is 0 Å². The number of carbonyl (C=O) groups excluding carboxylic acids is 1. The van der Waals surface area contributed by atoms with E-state index in [0.29, 0.717) is 18.2 Å². The molecule has 1 amide bonds. The summed E-state index contributed by atoms with van der Waals surface area (Å²) in [5.41, 5.74) is 2.12. The van der Waals surface area contributed by atoms with E-state index in [2.05, 4.69) is 27.0 Å². The van der Waals surface area contributed by atoms with E-state index in [-0.39, 0.29) is 11.5 Å². The van der Waals surface area contributed by atoms with Crippen LogP contribution in [0.4, 0.5) is 0 Å². The van der Waals surface area contributed by atoms with Crippen molar-refractivity contribution < 1.29 is 9.53 Å². The monoisotopic (exact) mass is 359 g/mol. The van der Waals surface area contributed by atoms with Gasteiger partial charge in [-0.3, -0.25) is 9.69 Å². The number of thiophene rings is 1. The van der Waals surface area contributed by atoms with Crippen LogP contribution in [-0.2, 0) is 18.3 Å². The average Bonchev–Trinajstić information content (AvgIpc) is 3.28. The molecule has 25 heavy (non-hydrogen) atoms. The molecule has 1 N–H and O–H groups in total. The first-order valence-electron chi connectivity index (χ1n) is 8.93. The minimum absolute atomic E-state index is 0.00755. The third kappa shape index (κ3) is 3.38. The van der Waals surface area contributed by atoms with Gasteiger partial charge in [0.1, 0.15) is 5.69 Å². The average molecular weight is 359 g/mol. The van der Waals surface area contributed by atoms with Crippen LogP contribution in [0.5, 0.6) is 0 Å². The summed E-state index contributed by atoms with van der Waals surface area (Å²) in [7, 11) is 1.89. The fourth-order valence-electron chi connectivity index (χ4n) is 4.15. The number of carbonyl (C=O) groups is 1. The van der Waals surface area contributed by atoms with Crippen molar-refractivity contribution in [2.45, 2.75) is 25.0 Å². The Morgan fingerprint density at radius 2 is 2.32 bits per heavy atom. The Balaban J connectivity index is 1.25. The molecule has 2 fully saturated rings. The van der Waals surface area contributed by atoms with Gasteiger partial charge in [0, 0.05) is 46.0 Å². The summed E-state index contributed by atoms with van der Waals surface area (Å²) in [5, 5.41) is 7.41. The number of nitrogens with one attached hydrogen (secondary N) is 1. The molecule has 6 heteroatoms. The Bertz CT molecular complexity index is 719. The van der Waals surface area contributed by atoms with Crippen molar-refractivity contribution in [1.29, 1.82) is 0 Å². The fraction of sp³-hybridized carbons (Fsp3) is 0.526. The lowest BCUT2D eigenvalue weighted by Gasteiger charge is -2.50. The smallest absolute Gasteiger partial charge is 0.267 e. The first-order valence-corrected chi connectivity index (χ1v) is 9.87. The van der Waals surface area contributed by atoms with Gasteiger partial charge in [0.05, 0.1) is 5.60 Å². The molecule has 4 heterocycles. The number of rotatable bonds is 6. The molecule has 0 saturated carbocycles. The summed E-state index contributed by atoms with van der Waals surface area (Å²) in [6.45, 7) is 4.61. The van der Waals surface area contributed by atoms with Crippen LogP contribution in [0.3, 0.4) is 0 Å². The summed E-state index contributed by atoms with van der Waals surface area (Å²) >= 11 is 1.75. The maximum absolute atomic E-state index is 12.2. The third-order valence-electron chi connectivity index (χ3n) is 5.52. The lowest BCUT2D eigenvalue weighted by atomic mass is 9.79. The molecule has 134 valence electrons. The van der Waals surface area contributed by atoms with Crippen molar-refractivity contribution in [3.8, 4) is 0 Å². The Morgan fingerprint density at radius 1 is 1.44 bits per heavy atom. The lowest BCUT2D eigenvalue weighted by molar-refractivity contribution is -0.136. The number of ether oxygens (including phenoxy) is 1. The molecule has 1 spiro atoms. The third-order valence-corrected chi connectivity index (χ3v) is 6.26. The van der Waals surface area contributed by atoms with E-state index in [1.54, 1.807) is 11.3 Å². The minimum Gasteiger partial charge on any atom is -0.372 e. The maximum atomic E-state index is 12.2. The van der Waals surface area contributed by atoms with Gasteiger partial charge in [-0.1, -0.05) is 0 Å². The molecule has 2 aliphatic rings. The van der Waals surface area contributed by atoms with E-state index in [1.165, 1.54) is 5.56 Å². The molecule has 1 atom stereocenters. The predicted octanol–water partition coefficient (Wildman–Crippen LogP) is 2.50. The number of aryl methyl sites for hydroxylation is 1. The van der Waals surface area contributed by atoms with Crippen LogP contribution in [0, 0.1) is 5.92 Å². The topological polar surface area (TPSA) is 46.5 Å². The zero-order chi connectivity index (χ0) is 17.3. The van der Waals surface area contributed by atoms with Crippen molar-refractivity contribution in [3.63, 3.8) is 0 Å². The first-order chi connectivity index (χ1) is 12.2. The van der Waals surface area contributed by atoms with Crippen LogP contribution in [0.2, 0.25) is 0 Å². The second-order valence-electron chi connectivity index (χ2n) is 7.22. The molecule has 2 aromatic rings. The van der Waals surface area contributed by atoms with Crippen molar-refractivity contribution in [2.24, 2.45) is 13.0 Å². The predicted molar refractivity (Wildman–Crippen MR) is 98.7 cm³/mol. The first kappa shape index (κ1) is 16.8. The van der Waals surface area contributed by atoms with Crippen LogP contribution in [-0.4, -0.2) is 47.2 Å². The van der Waals surface area contributed by atoms with Crippen molar-refractivity contribution >= 4 is 17.2 Å². The van der Waals surface area contributed by atoms with Crippen LogP contribution in [0.15, 0.2) is 35.2 Å². The number of amides is 1. The number of likely N-dealkylation sites (tertiary alicyclic amines) is 1. The van der Waals surface area contributed by atoms with Crippen LogP contribution < -0.4 is 5.32 Å². The quantitative estimate of drug-likeness (QED) is 0.862. The van der Waals surface area contributed by atoms with Gasteiger partial charge in [0.2, 0.25) is 0 Å². The molecular formula is C19H25N3O2S. The van der Waals surface area contributed by atoms with Gasteiger partial charge < -0.3 is 14.6 Å². The molecule has 0 aromatic carbocycles. The van der Waals surface area contributed by atoms with Crippen LogP contribution in [0.25, 0.3) is 0 Å². The highest BCUT2D eigenvalue weighted by molar-refractivity contribution is 7.07. The van der Waals surface area contributed by atoms with E-state index in [1.807, 2.05) is 29.9 Å². The maximum Gasteiger partial charge on any atom is 0.267 e. The molecule has 2 saturated heterocycles. The molecule has 4 rings (SSSR count). The van der Waals surface area contributed by atoms with Crippen molar-refractivity contribution in [1.82, 2.24) is 14.8 Å². The van der Waals surface area contributed by atoms with Gasteiger partial charge in [0.15, 0.2) is 0 Å². The van der Waals surface area contributed by atoms with E-state index < -0.39 is 0 Å². The zero-order valence-electron chi connectivity index (χ0n) is 14.6. The number of hydrogen-bond donors (Lipinski definition) is 1. The zero-order valence-corrected chi connectivity index (χ0v) is 15.4. The van der Waals surface area contributed by atoms with E-state index in [0.717, 1.165) is 39.1 Å². The molecular weight excluding hydrogens is 334 g/mol. The highest BCUT2D eigenvalue weighted by Gasteiger charge is 2.52. The molecule has 2 aromatic heterocycles. The summed E-state index contributed by atoms with van der Waals surface area (Å²) in [6, 6.07) is 5.94. The molecule has 0 unspecified atom stereocenters. The second-order valence-corrected chi connectivity index (χ2v) is 8.00. The highest BCUT2D eigenvalue weighted by Crippen LogP contribution is 2.42. The number of aromatic nitrogens is 1. The molecule has 0 radical (unpaired) electrons. The van der Waals surface area contributed by atoms with E-state index in [4.69, 9.17) is 4.74 Å². The molecule has 5 nitrogen and oxygen atoms in total. The van der Waals surface area contributed by atoms with Gasteiger partial charge in [0.25, 0.3) is 5.91 Å². The Kier molecular flexibility index (Phi) is 4.67. The normalized spacial score (nSPS) is 22.2. The van der Waals surface area contributed by atoms with Crippen LogP contribution >= 0.6 is 11.3 Å². The van der Waals surface area contributed by atoms with Crippen LogP contribution in [0.1, 0.15) is 28.9 Å². The Labute approximate surface area is 152 Å². The second kappa shape index (κ2) is 6.94. The summed E-state index contributed by atoms with van der Waals surface area (Å²) in [5.74, 6) is 0.549. The molecule has 2 aliphatic heterocycles. The summed E-state index contributed by atoms with van der Waals surface area (Å²) in [4.78, 5) is 14.7. The van der Waals surface area contributed by atoms with E-state index >= 15 is 0 Å². The fourth-order valence-corrected chi connectivity index (χ4v) is 4.81. The van der Waals surface area contributed by atoms with E-state index in [9.17, 15) is 4.79 Å². The minimum atomic E-state index is 0.00755. The van der Waals surface area contributed by atoms with Crippen molar-refractivity contribution in [3.05, 3.63) is 46.4 Å². The SMILES string of the molecule is Cn1cccc1C(=O)NCC[C@@H]1CCOC12CN(Cc1ccsc1)C2. The summed E-state index contributed by atoms with van der Waals surface area (Å²) in [6.07, 6.45) is 3.99.